The summed E-state index contributed by atoms with van der Waals surface area (Å²) in [5.74, 6) is 0. The Bertz CT molecular complexity index is 198. The summed E-state index contributed by atoms with van der Waals surface area (Å²) < 4.78 is 5.83. The second-order valence-electron chi connectivity index (χ2n) is 5.06. The van der Waals surface area contributed by atoms with Gasteiger partial charge in [-0.15, -0.1) is 0 Å². The average Bonchev–Trinajstić information content (AvgIpc) is 2.65. The molecule has 2 fully saturated rings. The molecule has 2 rings (SSSR count). The van der Waals surface area contributed by atoms with Crippen molar-refractivity contribution in [1.29, 1.82) is 0 Å². The van der Waals surface area contributed by atoms with Crippen molar-refractivity contribution in [3.8, 4) is 0 Å². The molecular weight excluding hydrogens is 188 g/mol. The smallest absolute Gasteiger partial charge is 0.0705 e. The molecule has 0 spiro atoms. The van der Waals surface area contributed by atoms with Crippen molar-refractivity contribution < 1.29 is 4.74 Å². The molecule has 2 atom stereocenters. The fourth-order valence-electron chi connectivity index (χ4n) is 2.69. The highest BCUT2D eigenvalue weighted by Crippen LogP contribution is 2.34. The van der Waals surface area contributed by atoms with Crippen LogP contribution >= 0.6 is 0 Å². The predicted molar refractivity (Wildman–Crippen MR) is 61.8 cm³/mol. The minimum atomic E-state index is 0.316. The maximum absolute atomic E-state index is 5.83. The Hall–Kier alpha value is -0.120. The maximum atomic E-state index is 5.83. The summed E-state index contributed by atoms with van der Waals surface area (Å²) >= 11 is 0. The van der Waals surface area contributed by atoms with Crippen LogP contribution in [0.25, 0.3) is 0 Å². The lowest BCUT2D eigenvalue weighted by molar-refractivity contribution is 0.0386. The van der Waals surface area contributed by atoms with Crippen LogP contribution in [0.1, 0.15) is 45.4 Å². The molecule has 2 aliphatic rings. The normalized spacial score (nSPS) is 34.0. The summed E-state index contributed by atoms with van der Waals surface area (Å²) in [4.78, 5) is 0. The van der Waals surface area contributed by atoms with E-state index in [0.29, 0.717) is 24.3 Å². The standard InChI is InChI=1S/C12H24N2O/c1-2-12(6-3-7-12)14-9-11-5-4-10(8-13)15-11/h10-11,14H,2-9,13H2,1H3. The van der Waals surface area contributed by atoms with Crippen LogP contribution in [0.5, 0.6) is 0 Å². The zero-order valence-corrected chi connectivity index (χ0v) is 9.80. The van der Waals surface area contributed by atoms with E-state index >= 15 is 0 Å². The van der Waals surface area contributed by atoms with E-state index in [-0.39, 0.29) is 0 Å². The molecule has 1 aliphatic carbocycles. The Morgan fingerprint density at radius 2 is 2.07 bits per heavy atom. The highest BCUT2D eigenvalue weighted by Gasteiger charge is 2.35. The van der Waals surface area contributed by atoms with Gasteiger partial charge in [-0.2, -0.15) is 0 Å². The number of nitrogens with two attached hydrogens (primary N) is 1. The topological polar surface area (TPSA) is 47.3 Å². The zero-order valence-electron chi connectivity index (χ0n) is 9.80. The van der Waals surface area contributed by atoms with Crippen molar-refractivity contribution in [3.63, 3.8) is 0 Å². The molecule has 1 heterocycles. The molecule has 1 saturated heterocycles. The monoisotopic (exact) mass is 212 g/mol. The molecule has 0 amide bonds. The Morgan fingerprint density at radius 1 is 1.33 bits per heavy atom. The third-order valence-electron chi connectivity index (χ3n) is 4.15. The van der Waals surface area contributed by atoms with Crippen LogP contribution in [0.3, 0.4) is 0 Å². The van der Waals surface area contributed by atoms with E-state index < -0.39 is 0 Å². The summed E-state index contributed by atoms with van der Waals surface area (Å²) in [6.07, 6.45) is 8.36. The fraction of sp³-hybridized carbons (Fsp3) is 1.00. The van der Waals surface area contributed by atoms with Gasteiger partial charge in [0.1, 0.15) is 0 Å². The van der Waals surface area contributed by atoms with Gasteiger partial charge in [-0.1, -0.05) is 6.92 Å². The van der Waals surface area contributed by atoms with Crippen LogP contribution in [0, 0.1) is 0 Å². The van der Waals surface area contributed by atoms with Crippen molar-refractivity contribution in [2.24, 2.45) is 5.73 Å². The van der Waals surface area contributed by atoms with Crippen LogP contribution in [-0.4, -0.2) is 30.8 Å². The van der Waals surface area contributed by atoms with E-state index in [1.54, 1.807) is 0 Å². The Labute approximate surface area is 92.7 Å². The van der Waals surface area contributed by atoms with E-state index in [4.69, 9.17) is 10.5 Å². The summed E-state index contributed by atoms with van der Waals surface area (Å²) in [7, 11) is 0. The molecule has 0 aromatic rings. The molecule has 0 aromatic heterocycles. The maximum Gasteiger partial charge on any atom is 0.0705 e. The molecule has 0 radical (unpaired) electrons. The molecule has 3 N–H and O–H groups in total. The molecule has 3 heteroatoms. The fourth-order valence-corrected chi connectivity index (χ4v) is 2.69. The molecule has 0 aromatic carbocycles. The van der Waals surface area contributed by atoms with Crippen LogP contribution in [0.15, 0.2) is 0 Å². The molecule has 88 valence electrons. The molecule has 2 unspecified atom stereocenters. The Balaban J connectivity index is 1.69. The molecule has 3 nitrogen and oxygen atoms in total. The van der Waals surface area contributed by atoms with Gasteiger partial charge in [0, 0.05) is 18.6 Å². The minimum absolute atomic E-state index is 0.316. The van der Waals surface area contributed by atoms with Gasteiger partial charge < -0.3 is 15.8 Å². The number of hydrogen-bond donors (Lipinski definition) is 2. The second-order valence-corrected chi connectivity index (χ2v) is 5.06. The Kier molecular flexibility index (Phi) is 3.65. The summed E-state index contributed by atoms with van der Waals surface area (Å²) in [5, 5.41) is 3.70. The highest BCUT2D eigenvalue weighted by molar-refractivity contribution is 4.95. The summed E-state index contributed by atoms with van der Waals surface area (Å²) in [6, 6.07) is 0. The van der Waals surface area contributed by atoms with Gasteiger partial charge in [0.05, 0.1) is 12.2 Å². The van der Waals surface area contributed by atoms with Gasteiger partial charge in [-0.05, 0) is 38.5 Å². The minimum Gasteiger partial charge on any atom is -0.372 e. The first-order valence-electron chi connectivity index (χ1n) is 6.38. The summed E-state index contributed by atoms with van der Waals surface area (Å²) in [6.45, 7) is 3.98. The van der Waals surface area contributed by atoms with E-state index in [2.05, 4.69) is 12.2 Å². The van der Waals surface area contributed by atoms with E-state index in [1.807, 2.05) is 0 Å². The lowest BCUT2D eigenvalue weighted by Gasteiger charge is -2.43. The molecule has 0 bridgehead atoms. The van der Waals surface area contributed by atoms with Gasteiger partial charge in [0.15, 0.2) is 0 Å². The van der Waals surface area contributed by atoms with Crippen LogP contribution in [0.2, 0.25) is 0 Å². The molecule has 1 aliphatic heterocycles. The van der Waals surface area contributed by atoms with Crippen molar-refractivity contribution in [2.75, 3.05) is 13.1 Å². The van der Waals surface area contributed by atoms with E-state index in [9.17, 15) is 0 Å². The average molecular weight is 212 g/mol. The van der Waals surface area contributed by atoms with Crippen LogP contribution in [0.4, 0.5) is 0 Å². The van der Waals surface area contributed by atoms with E-state index in [1.165, 1.54) is 32.1 Å². The van der Waals surface area contributed by atoms with Gasteiger partial charge in [-0.25, -0.2) is 0 Å². The van der Waals surface area contributed by atoms with Crippen LogP contribution < -0.4 is 11.1 Å². The first-order chi connectivity index (χ1) is 7.28. The first-order valence-corrected chi connectivity index (χ1v) is 6.38. The van der Waals surface area contributed by atoms with Crippen molar-refractivity contribution in [3.05, 3.63) is 0 Å². The number of rotatable bonds is 5. The third-order valence-corrected chi connectivity index (χ3v) is 4.15. The lowest BCUT2D eigenvalue weighted by atomic mass is 9.75. The van der Waals surface area contributed by atoms with Crippen LogP contribution in [-0.2, 0) is 4.74 Å². The third kappa shape index (κ3) is 2.52. The SMILES string of the molecule is CCC1(NCC2CCC(CN)O2)CCC1. The number of ether oxygens (including phenoxy) is 1. The van der Waals surface area contributed by atoms with Crippen molar-refractivity contribution >= 4 is 0 Å². The number of hydrogen-bond acceptors (Lipinski definition) is 3. The molecule has 15 heavy (non-hydrogen) atoms. The Morgan fingerprint density at radius 3 is 2.53 bits per heavy atom. The largest absolute Gasteiger partial charge is 0.372 e. The van der Waals surface area contributed by atoms with Crippen molar-refractivity contribution in [2.45, 2.75) is 63.2 Å². The summed E-state index contributed by atoms with van der Waals surface area (Å²) in [5.41, 5.74) is 6.04. The van der Waals surface area contributed by atoms with Crippen molar-refractivity contribution in [1.82, 2.24) is 5.32 Å². The van der Waals surface area contributed by atoms with E-state index in [0.717, 1.165) is 13.0 Å². The zero-order chi connectivity index (χ0) is 10.7. The first kappa shape index (κ1) is 11.4. The predicted octanol–water partition coefficient (Wildman–Crippen LogP) is 1.41. The highest BCUT2D eigenvalue weighted by atomic mass is 16.5. The van der Waals surface area contributed by atoms with Gasteiger partial charge in [-0.3, -0.25) is 0 Å². The second kappa shape index (κ2) is 4.81. The molecular formula is C12H24N2O. The lowest BCUT2D eigenvalue weighted by Crippen LogP contribution is -2.52. The van der Waals surface area contributed by atoms with Gasteiger partial charge >= 0.3 is 0 Å². The molecule has 1 saturated carbocycles. The number of nitrogens with one attached hydrogen (secondary N) is 1. The van der Waals surface area contributed by atoms with Gasteiger partial charge in [0.2, 0.25) is 0 Å². The van der Waals surface area contributed by atoms with Gasteiger partial charge in [0.25, 0.3) is 0 Å². The quantitative estimate of drug-likeness (QED) is 0.724.